The predicted molar refractivity (Wildman–Crippen MR) is 364 cm³/mol. The van der Waals surface area contributed by atoms with E-state index in [2.05, 4.69) is 37.8 Å². The maximum Gasteiger partial charge on any atom is 0.408 e. The van der Waals surface area contributed by atoms with Gasteiger partial charge in [-0.1, -0.05) is 97.4 Å². The summed E-state index contributed by atoms with van der Waals surface area (Å²) in [6.45, 7) is 16.4. The summed E-state index contributed by atoms with van der Waals surface area (Å²) in [5.41, 5.74) is -4.67. The van der Waals surface area contributed by atoms with Gasteiger partial charge < -0.3 is 50.0 Å². The number of nitrogens with one attached hydrogen (secondary N) is 6. The Hall–Kier alpha value is -8.22. The van der Waals surface area contributed by atoms with Gasteiger partial charge in [0.05, 0.1) is 25.3 Å². The fourth-order valence-corrected chi connectivity index (χ4v) is 15.8. The molecule has 8 fully saturated rings. The number of alkyl carbamates (subject to hydrolysis) is 2. The second-order valence-electron chi connectivity index (χ2n) is 29.8. The zero-order chi connectivity index (χ0) is 71.7. The SMILES string of the molecule is C=C[C@@H]1C[C@]1(NC(=O)[C@@H]1C[C@@H](Oc2nccc3ccccc23)CN1C(=O)[C@@H](NC(=O)OC1CCCC1)C(C)(C)C)C(=O)NS(=O)(=O)OC1CC1.CC[C@@H]1C[C@]1(NC(=O)[C@@H]1C[C@@H](Oc2nccc3ccccc23)CN1C(=O)[C@@H](NC(=O)OC1CCCC1)C(C)(C)C)C(=O)NS(=O)(=O)OC1CC1. The van der Waals surface area contributed by atoms with Crippen LogP contribution in [0, 0.1) is 22.7 Å². The number of ether oxygens (including phenoxy) is 4. The third kappa shape index (κ3) is 17.4. The number of aromatic nitrogens is 2. The minimum atomic E-state index is -4.41. The molecule has 2 aromatic heterocycles. The Bertz CT molecular complexity index is 4010. The zero-order valence-corrected chi connectivity index (χ0v) is 59.2. The minimum Gasteiger partial charge on any atom is -0.472 e. The molecule has 4 aromatic rings. The van der Waals surface area contributed by atoms with Crippen molar-refractivity contribution < 1.29 is 82.5 Å². The van der Waals surface area contributed by atoms with E-state index in [1.54, 1.807) is 33.2 Å². The molecule has 0 unspecified atom stereocenters. The Morgan fingerprint density at radius 1 is 0.560 bits per heavy atom. The number of pyridine rings is 2. The first-order valence-electron chi connectivity index (χ1n) is 34.7. The molecule has 6 N–H and O–H groups in total. The van der Waals surface area contributed by atoms with Crippen LogP contribution < -0.4 is 40.2 Å². The number of carbonyl (C=O) groups excluding carboxylic acids is 8. The summed E-state index contributed by atoms with van der Waals surface area (Å²) in [6, 6.07) is 14.4. The van der Waals surface area contributed by atoms with Gasteiger partial charge in [-0.3, -0.25) is 37.1 Å². The molecule has 2 saturated heterocycles. The van der Waals surface area contributed by atoms with E-state index in [1.807, 2.05) is 97.8 Å². The number of rotatable bonds is 24. The molecule has 0 spiro atoms. The molecule has 2 aliphatic heterocycles. The van der Waals surface area contributed by atoms with Crippen molar-refractivity contribution in [1.82, 2.24) is 50.5 Å². The monoisotopic (exact) mass is 1420 g/mol. The third-order valence-electron chi connectivity index (χ3n) is 19.8. The van der Waals surface area contributed by atoms with E-state index in [0.29, 0.717) is 43.9 Å². The molecule has 100 heavy (non-hydrogen) atoms. The number of amides is 8. The smallest absolute Gasteiger partial charge is 0.408 e. The largest absolute Gasteiger partial charge is 0.472 e. The molecule has 542 valence electrons. The van der Waals surface area contributed by atoms with Crippen LogP contribution >= 0.6 is 0 Å². The van der Waals surface area contributed by atoms with Gasteiger partial charge in [-0.2, -0.15) is 16.8 Å². The molecular weight excluding hydrogens is 1330 g/mol. The second kappa shape index (κ2) is 29.4. The first kappa shape index (κ1) is 73.0. The summed E-state index contributed by atoms with van der Waals surface area (Å²) < 4.78 is 87.9. The van der Waals surface area contributed by atoms with Crippen LogP contribution in [0.4, 0.5) is 9.59 Å². The van der Waals surface area contributed by atoms with Crippen LogP contribution in [-0.2, 0) is 67.2 Å². The Morgan fingerprint density at radius 2 is 0.960 bits per heavy atom. The lowest BCUT2D eigenvalue weighted by molar-refractivity contribution is -0.143. The van der Waals surface area contributed by atoms with Gasteiger partial charge in [0.25, 0.3) is 11.8 Å². The van der Waals surface area contributed by atoms with E-state index in [1.165, 1.54) is 15.9 Å². The molecule has 30 heteroatoms. The first-order valence-corrected chi connectivity index (χ1v) is 37.5. The van der Waals surface area contributed by atoms with Gasteiger partial charge >= 0.3 is 32.8 Å². The van der Waals surface area contributed by atoms with Gasteiger partial charge in [0.1, 0.15) is 59.7 Å². The predicted octanol–water partition coefficient (Wildman–Crippen LogP) is 6.76. The van der Waals surface area contributed by atoms with Crippen molar-refractivity contribution in [3.63, 3.8) is 0 Å². The average molecular weight is 1430 g/mol. The molecular formula is C70H92N10O18S2. The lowest BCUT2D eigenvalue weighted by Crippen LogP contribution is -2.60. The van der Waals surface area contributed by atoms with Crippen LogP contribution in [-0.4, -0.2) is 169 Å². The first-order chi connectivity index (χ1) is 47.4. The van der Waals surface area contributed by atoms with Gasteiger partial charge in [0.15, 0.2) is 0 Å². The van der Waals surface area contributed by atoms with Crippen LogP contribution in [0.5, 0.6) is 11.8 Å². The number of carbonyl (C=O) groups is 8. The molecule has 8 amide bonds. The van der Waals surface area contributed by atoms with E-state index in [9.17, 15) is 55.2 Å². The number of hydrogen-bond donors (Lipinski definition) is 6. The van der Waals surface area contributed by atoms with E-state index < -0.39 is 145 Å². The Morgan fingerprint density at radius 3 is 1.33 bits per heavy atom. The zero-order valence-electron chi connectivity index (χ0n) is 57.5. The number of nitrogens with zero attached hydrogens (tertiary/aromatic N) is 4. The van der Waals surface area contributed by atoms with Crippen molar-refractivity contribution in [3.8, 4) is 11.8 Å². The highest BCUT2D eigenvalue weighted by Crippen LogP contribution is 2.48. The highest BCUT2D eigenvalue weighted by atomic mass is 32.2. The summed E-state index contributed by atoms with van der Waals surface area (Å²) in [4.78, 5) is 122. The summed E-state index contributed by atoms with van der Waals surface area (Å²) in [5.74, 6) is -4.42. The van der Waals surface area contributed by atoms with Crippen molar-refractivity contribution in [1.29, 1.82) is 0 Å². The van der Waals surface area contributed by atoms with Gasteiger partial charge in [0, 0.05) is 41.9 Å². The summed E-state index contributed by atoms with van der Waals surface area (Å²) in [7, 11) is -8.78. The van der Waals surface area contributed by atoms with Crippen LogP contribution in [0.1, 0.15) is 158 Å². The van der Waals surface area contributed by atoms with Gasteiger partial charge in [-0.25, -0.2) is 29.0 Å². The van der Waals surface area contributed by atoms with Gasteiger partial charge in [-0.05, 0) is 142 Å². The molecule has 8 aliphatic rings. The molecule has 0 bridgehead atoms. The van der Waals surface area contributed by atoms with Crippen molar-refractivity contribution in [2.75, 3.05) is 13.1 Å². The van der Waals surface area contributed by atoms with E-state index in [4.69, 9.17) is 27.3 Å². The lowest BCUT2D eigenvalue weighted by Gasteiger charge is -2.35. The Labute approximate surface area is 582 Å². The Balaban J connectivity index is 0.000000202. The van der Waals surface area contributed by atoms with Crippen LogP contribution in [0.25, 0.3) is 21.5 Å². The van der Waals surface area contributed by atoms with Crippen molar-refractivity contribution in [2.45, 2.75) is 229 Å². The van der Waals surface area contributed by atoms with Crippen LogP contribution in [0.3, 0.4) is 0 Å². The summed E-state index contributed by atoms with van der Waals surface area (Å²) in [6.07, 6.45) is 10.7. The highest BCUT2D eigenvalue weighted by molar-refractivity contribution is 7.85. The molecule has 12 rings (SSSR count). The standard InChI is InChI=1S/C35H47N5O9S.C35H45N5O9S/c2*1-5-22-19-35(22,32(43)39-50(45,46)49-24-14-15-24)38-29(41)27-18-25(47-30-26-13-9-6-10-21(26)16-17-36-30)20-40(27)31(42)28(34(2,3)4)37-33(44)48-23-11-7-8-12-23/h6,9-10,13,16-17,22-25,27-28H,5,7-8,11-12,14-15,18-20H2,1-4H3,(H,37,44)(H,38,41)(H,39,43);5-6,9-10,13,16-17,22-25,27-28H,1,7-8,11-12,14-15,18-20H2,2-4H3,(H,37,44)(H,38,41)(H,39,43)/t2*22-,25-,27+,28-,35-/m11/s1. The normalized spacial score (nSPS) is 25.9. The van der Waals surface area contributed by atoms with Crippen LogP contribution in [0.2, 0.25) is 0 Å². The van der Waals surface area contributed by atoms with Gasteiger partial charge in [0.2, 0.25) is 35.4 Å². The number of likely N-dealkylation sites (tertiary alicyclic amines) is 2. The molecule has 6 aliphatic carbocycles. The maximum atomic E-state index is 14.5. The number of benzene rings is 2. The third-order valence-corrected chi connectivity index (χ3v) is 21.8. The molecule has 28 nitrogen and oxygen atoms in total. The van der Waals surface area contributed by atoms with E-state index in [-0.39, 0.29) is 56.9 Å². The number of fused-ring (bicyclic) bond motifs is 2. The molecule has 0 radical (unpaired) electrons. The average Bonchev–Trinajstić information content (AvgIpc) is 1.58. The maximum absolute atomic E-state index is 14.5. The summed E-state index contributed by atoms with van der Waals surface area (Å²) in [5, 5.41) is 14.4. The molecule has 4 heterocycles. The fourth-order valence-electron chi connectivity index (χ4n) is 13.8. The molecule has 10 atom stereocenters. The Kier molecular flexibility index (Phi) is 21.5. The van der Waals surface area contributed by atoms with Crippen molar-refractivity contribution in [2.24, 2.45) is 22.7 Å². The van der Waals surface area contributed by atoms with Gasteiger partial charge in [-0.15, -0.1) is 6.58 Å². The van der Waals surface area contributed by atoms with Crippen molar-refractivity contribution in [3.05, 3.63) is 85.7 Å². The number of hydrogen-bond acceptors (Lipinski definition) is 20. The highest BCUT2D eigenvalue weighted by Gasteiger charge is 2.63. The topological polar surface area (TPSA) is 365 Å². The minimum absolute atomic E-state index is 0.00619. The van der Waals surface area contributed by atoms with Crippen molar-refractivity contribution >= 4 is 89.8 Å². The van der Waals surface area contributed by atoms with E-state index >= 15 is 0 Å². The lowest BCUT2D eigenvalue weighted by atomic mass is 9.85. The fraction of sp³-hybridized carbons (Fsp3) is 0.600. The molecule has 2 aromatic carbocycles. The molecule has 6 saturated carbocycles. The van der Waals surface area contributed by atoms with E-state index in [0.717, 1.165) is 72.9 Å². The van der Waals surface area contributed by atoms with Crippen LogP contribution in [0.15, 0.2) is 85.7 Å². The summed E-state index contributed by atoms with van der Waals surface area (Å²) >= 11 is 0. The quantitative estimate of drug-likeness (QED) is 0.0395. The second-order valence-corrected chi connectivity index (χ2v) is 32.4.